The van der Waals surface area contributed by atoms with Crippen LogP contribution in [0.2, 0.25) is 0 Å². The zero-order valence-electron chi connectivity index (χ0n) is 23.6. The highest BCUT2D eigenvalue weighted by atomic mass is 16.2. The number of anilines is 2. The molecule has 5 rings (SSSR count). The first-order chi connectivity index (χ1) is 20.0. The van der Waals surface area contributed by atoms with Gasteiger partial charge in [-0.05, 0) is 50.4 Å². The molecule has 2 aliphatic rings. The van der Waals surface area contributed by atoms with Crippen LogP contribution in [0.25, 0.3) is 0 Å². The van der Waals surface area contributed by atoms with E-state index >= 15 is 0 Å². The van der Waals surface area contributed by atoms with Gasteiger partial charge in [-0.25, -0.2) is 4.79 Å². The quantitative estimate of drug-likeness (QED) is 0.178. The number of quaternary nitrogens is 1. The Kier molecular flexibility index (Phi) is 9.24. The van der Waals surface area contributed by atoms with Crippen molar-refractivity contribution in [1.82, 2.24) is 4.59 Å². The van der Waals surface area contributed by atoms with Crippen molar-refractivity contribution in [2.75, 3.05) is 17.2 Å². The van der Waals surface area contributed by atoms with Crippen LogP contribution in [0, 0.1) is 5.92 Å². The smallest absolute Gasteiger partial charge is 0.330 e. The number of para-hydroxylation sites is 1. The first kappa shape index (κ1) is 28.7. The number of amides is 3. The van der Waals surface area contributed by atoms with Gasteiger partial charge in [0.2, 0.25) is 5.91 Å². The van der Waals surface area contributed by atoms with Crippen molar-refractivity contribution in [3.63, 3.8) is 0 Å². The number of fused-ring (bicyclic) bond motifs is 1. The lowest BCUT2D eigenvalue weighted by Gasteiger charge is -2.30. The van der Waals surface area contributed by atoms with E-state index in [1.54, 1.807) is 0 Å². The van der Waals surface area contributed by atoms with Crippen molar-refractivity contribution in [2.45, 2.75) is 64.0 Å². The largest absolute Gasteiger partial charge is 0.453 e. The number of hydrogen-bond acceptors (Lipinski definition) is 5. The molecule has 214 valence electrons. The van der Waals surface area contributed by atoms with Crippen LogP contribution in [-0.2, 0) is 11.3 Å². The summed E-state index contributed by atoms with van der Waals surface area (Å²) in [6.07, 6.45) is 7.90. The lowest BCUT2D eigenvalue weighted by molar-refractivity contribution is -0.117. The number of nitrogens with two attached hydrogens (primary N) is 2. The monoisotopic (exact) mass is 553 g/mol. The van der Waals surface area contributed by atoms with E-state index in [1.165, 1.54) is 6.42 Å². The molecular weight excluding hydrogens is 512 g/mol. The van der Waals surface area contributed by atoms with Gasteiger partial charge in [0.1, 0.15) is 12.3 Å². The molecule has 2 atom stereocenters. The van der Waals surface area contributed by atoms with Gasteiger partial charge in [0.25, 0.3) is 0 Å². The van der Waals surface area contributed by atoms with Crippen molar-refractivity contribution in [3.05, 3.63) is 90.0 Å². The molecule has 0 bridgehead atoms. The lowest BCUT2D eigenvalue weighted by atomic mass is 9.83. The second-order valence-electron chi connectivity index (χ2n) is 11.1. The maximum absolute atomic E-state index is 14.3. The van der Waals surface area contributed by atoms with Crippen molar-refractivity contribution >= 4 is 34.7 Å². The fraction of sp³-hybridized carbons (Fsp3) is 0.364. The molecule has 0 radical (unpaired) electrons. The molecule has 3 aromatic carbocycles. The van der Waals surface area contributed by atoms with Gasteiger partial charge in [-0.1, -0.05) is 83.9 Å². The molecule has 3 aromatic rings. The lowest BCUT2D eigenvalue weighted by Crippen LogP contribution is -2.51. The summed E-state index contributed by atoms with van der Waals surface area (Å²) in [7, 11) is 0. The van der Waals surface area contributed by atoms with E-state index in [0.29, 0.717) is 25.2 Å². The van der Waals surface area contributed by atoms with Gasteiger partial charge in [0.05, 0.1) is 11.7 Å². The number of carbonyl (C=O) groups is 2. The second kappa shape index (κ2) is 13.2. The van der Waals surface area contributed by atoms with Crippen LogP contribution in [0.3, 0.4) is 0 Å². The maximum Gasteiger partial charge on any atom is 0.453 e. The molecule has 41 heavy (non-hydrogen) atoms. The minimum atomic E-state index is -0.602. The standard InChI is InChI=1S/C33H40N6O2/c34-22-10-9-16-29(35)32(40)36-26-18-20-27(21-19-26)39(23-24-11-3-1-4-12-24)33(41)37-30-17-8-7-15-28(30)31(38-39)25-13-5-2-6-14-25/h1,3-4,7-8,11-12,15,17-21,25,29H,2,5-6,9-10,13-14,16,22-23,34-35H2,(H-,36,37,38,40,41)/p+1/t29?,39-/m0/s1. The minimum absolute atomic E-state index is 0.217. The Labute approximate surface area is 242 Å². The first-order valence-electron chi connectivity index (χ1n) is 14.8. The summed E-state index contributed by atoms with van der Waals surface area (Å²) < 4.78 is -0.253. The van der Waals surface area contributed by atoms with E-state index in [1.807, 2.05) is 72.8 Å². The Morgan fingerprint density at radius 3 is 2.39 bits per heavy atom. The Morgan fingerprint density at radius 1 is 0.951 bits per heavy atom. The van der Waals surface area contributed by atoms with Gasteiger partial charge in [-0.15, -0.1) is 0 Å². The third kappa shape index (κ3) is 6.56. The molecule has 3 amide bonds. The summed E-state index contributed by atoms with van der Waals surface area (Å²) in [6.45, 7) is 0.941. The molecule has 0 aromatic heterocycles. The van der Waals surface area contributed by atoms with E-state index in [9.17, 15) is 9.59 Å². The summed E-state index contributed by atoms with van der Waals surface area (Å²) in [6, 6.07) is 24.6. The fourth-order valence-corrected chi connectivity index (χ4v) is 5.87. The van der Waals surface area contributed by atoms with Crippen LogP contribution in [-0.4, -0.2) is 30.2 Å². The van der Waals surface area contributed by atoms with E-state index in [2.05, 4.69) is 16.7 Å². The van der Waals surface area contributed by atoms with Crippen LogP contribution in [0.1, 0.15) is 62.5 Å². The summed E-state index contributed by atoms with van der Waals surface area (Å²) in [5, 5.41) is 11.5. The fourth-order valence-electron chi connectivity index (χ4n) is 5.87. The Morgan fingerprint density at radius 2 is 1.66 bits per heavy atom. The summed E-state index contributed by atoms with van der Waals surface area (Å²) >= 11 is 0. The van der Waals surface area contributed by atoms with E-state index in [4.69, 9.17) is 16.6 Å². The number of rotatable bonds is 10. The van der Waals surface area contributed by atoms with Crippen molar-refractivity contribution in [2.24, 2.45) is 22.5 Å². The number of unbranched alkanes of at least 4 members (excludes halogenated alkanes) is 1. The maximum atomic E-state index is 14.3. The van der Waals surface area contributed by atoms with Crippen molar-refractivity contribution < 1.29 is 9.59 Å². The number of carbonyl (C=O) groups excluding carboxylic acids is 2. The van der Waals surface area contributed by atoms with Crippen LogP contribution >= 0.6 is 0 Å². The highest BCUT2D eigenvalue weighted by molar-refractivity contribution is 6.13. The Hall–Kier alpha value is -3.85. The number of nitrogens with zero attached hydrogens (tertiary/aromatic N) is 2. The van der Waals surface area contributed by atoms with Gasteiger partial charge < -0.3 is 16.8 Å². The highest BCUT2D eigenvalue weighted by Gasteiger charge is 2.45. The van der Waals surface area contributed by atoms with Gasteiger partial charge in [-0.3, -0.25) is 10.1 Å². The van der Waals surface area contributed by atoms with Crippen LogP contribution in [0.5, 0.6) is 0 Å². The minimum Gasteiger partial charge on any atom is -0.330 e. The molecule has 1 unspecified atom stereocenters. The molecule has 0 saturated heterocycles. The van der Waals surface area contributed by atoms with E-state index in [0.717, 1.165) is 66.7 Å². The molecule has 1 fully saturated rings. The molecule has 1 saturated carbocycles. The molecule has 8 nitrogen and oxygen atoms in total. The SMILES string of the molecule is NCCCCC(N)C(=O)Nc1ccc([N@+]2(Cc3ccccc3)N=C(C3CCCCC3)c3ccccc3NC2=O)cc1. The normalized spacial score (nSPS) is 19.9. The predicted octanol–water partition coefficient (Wildman–Crippen LogP) is 6.12. The van der Waals surface area contributed by atoms with Gasteiger partial charge >= 0.3 is 6.03 Å². The molecule has 1 heterocycles. The molecule has 1 aliphatic carbocycles. The van der Waals surface area contributed by atoms with Crippen molar-refractivity contribution in [1.29, 1.82) is 0 Å². The molecule has 6 N–H and O–H groups in total. The Balaban J connectivity index is 1.54. The molecule has 1 aliphatic heterocycles. The third-order valence-electron chi connectivity index (χ3n) is 8.17. The van der Waals surface area contributed by atoms with Crippen LogP contribution in [0.15, 0.2) is 84.0 Å². The van der Waals surface area contributed by atoms with Gasteiger partial charge in [-0.2, -0.15) is 0 Å². The highest BCUT2D eigenvalue weighted by Crippen LogP contribution is 2.38. The third-order valence-corrected chi connectivity index (χ3v) is 8.17. The van der Waals surface area contributed by atoms with Crippen LogP contribution < -0.4 is 26.7 Å². The van der Waals surface area contributed by atoms with Crippen molar-refractivity contribution in [3.8, 4) is 0 Å². The van der Waals surface area contributed by atoms with Gasteiger partial charge in [0.15, 0.2) is 5.69 Å². The second-order valence-corrected chi connectivity index (χ2v) is 11.1. The average molecular weight is 554 g/mol. The topological polar surface area (TPSA) is 123 Å². The number of hydrogen-bond donors (Lipinski definition) is 4. The Bertz CT molecular complexity index is 1370. The van der Waals surface area contributed by atoms with E-state index in [-0.39, 0.29) is 22.4 Å². The summed E-state index contributed by atoms with van der Waals surface area (Å²) in [5.74, 6) is 0.0497. The van der Waals surface area contributed by atoms with E-state index < -0.39 is 6.04 Å². The number of benzene rings is 3. The number of urea groups is 1. The molecule has 8 heteroatoms. The average Bonchev–Trinajstić information content (AvgIpc) is 3.13. The zero-order chi connectivity index (χ0) is 28.7. The van der Waals surface area contributed by atoms with Gasteiger partial charge in [0, 0.05) is 34.9 Å². The molecular formula is C33H41N6O2+. The first-order valence-corrected chi connectivity index (χ1v) is 14.8. The summed E-state index contributed by atoms with van der Waals surface area (Å²) in [4.78, 5) is 26.9. The predicted molar refractivity (Wildman–Crippen MR) is 166 cm³/mol. The van der Waals surface area contributed by atoms with Crippen LogP contribution in [0.4, 0.5) is 21.9 Å². The number of nitrogens with one attached hydrogen (secondary N) is 2. The summed E-state index contributed by atoms with van der Waals surface area (Å²) in [5.41, 5.74) is 16.8. The zero-order valence-corrected chi connectivity index (χ0v) is 23.6. The molecule has 0 spiro atoms.